The first kappa shape index (κ1) is 14.7. The van der Waals surface area contributed by atoms with Gasteiger partial charge in [-0.15, -0.1) is 5.10 Å². The number of morpholine rings is 1. The van der Waals surface area contributed by atoms with Crippen molar-refractivity contribution in [2.24, 2.45) is 0 Å². The fourth-order valence-corrected chi connectivity index (χ4v) is 2.50. The zero-order valence-electron chi connectivity index (χ0n) is 12.9. The molecule has 0 spiro atoms. The molecular formula is C16H20N4O2. The lowest BCUT2D eigenvalue weighted by atomic mass is 10.2. The van der Waals surface area contributed by atoms with Crippen molar-refractivity contribution >= 4 is 5.91 Å². The third kappa shape index (κ3) is 3.01. The molecule has 1 amide bonds. The molecular weight excluding hydrogens is 280 g/mol. The maximum atomic E-state index is 12.5. The van der Waals surface area contributed by atoms with Crippen molar-refractivity contribution in [3.05, 3.63) is 41.7 Å². The van der Waals surface area contributed by atoms with Crippen molar-refractivity contribution in [2.45, 2.75) is 26.4 Å². The van der Waals surface area contributed by atoms with E-state index in [0.717, 1.165) is 12.1 Å². The van der Waals surface area contributed by atoms with E-state index in [1.54, 1.807) is 15.8 Å². The smallest absolute Gasteiger partial charge is 0.276 e. The van der Waals surface area contributed by atoms with Crippen LogP contribution in [0.25, 0.3) is 5.69 Å². The SMILES string of the molecule is CC[C@@H]1CN(C(=O)c2cn(-c3ccc(C)cc3)nn2)CCO1. The van der Waals surface area contributed by atoms with Gasteiger partial charge in [0.2, 0.25) is 0 Å². The second kappa shape index (κ2) is 6.27. The van der Waals surface area contributed by atoms with Crippen molar-refractivity contribution in [2.75, 3.05) is 19.7 Å². The van der Waals surface area contributed by atoms with E-state index in [1.165, 1.54) is 5.56 Å². The second-order valence-corrected chi connectivity index (χ2v) is 5.54. The Morgan fingerprint density at radius 3 is 2.86 bits per heavy atom. The molecule has 2 heterocycles. The molecule has 1 aromatic heterocycles. The zero-order chi connectivity index (χ0) is 15.5. The fourth-order valence-electron chi connectivity index (χ4n) is 2.50. The summed E-state index contributed by atoms with van der Waals surface area (Å²) >= 11 is 0. The highest BCUT2D eigenvalue weighted by Gasteiger charge is 2.25. The number of aryl methyl sites for hydroxylation is 1. The molecule has 22 heavy (non-hydrogen) atoms. The summed E-state index contributed by atoms with van der Waals surface area (Å²) < 4.78 is 7.22. The van der Waals surface area contributed by atoms with E-state index in [2.05, 4.69) is 17.2 Å². The Labute approximate surface area is 129 Å². The molecule has 0 aliphatic carbocycles. The van der Waals surface area contributed by atoms with Crippen molar-refractivity contribution in [1.29, 1.82) is 0 Å². The minimum Gasteiger partial charge on any atom is -0.375 e. The normalized spacial score (nSPS) is 18.5. The van der Waals surface area contributed by atoms with Crippen LogP contribution in [0.3, 0.4) is 0 Å². The Morgan fingerprint density at radius 1 is 1.36 bits per heavy atom. The number of ether oxygens (including phenoxy) is 1. The second-order valence-electron chi connectivity index (χ2n) is 5.54. The van der Waals surface area contributed by atoms with Gasteiger partial charge in [-0.1, -0.05) is 29.8 Å². The van der Waals surface area contributed by atoms with Crippen molar-refractivity contribution in [1.82, 2.24) is 19.9 Å². The van der Waals surface area contributed by atoms with Crippen LogP contribution in [0.1, 0.15) is 29.4 Å². The first-order valence-electron chi connectivity index (χ1n) is 7.57. The van der Waals surface area contributed by atoms with Gasteiger partial charge in [-0.25, -0.2) is 4.68 Å². The molecule has 1 fully saturated rings. The number of carbonyl (C=O) groups excluding carboxylic acids is 1. The summed E-state index contributed by atoms with van der Waals surface area (Å²) in [6.45, 7) is 5.89. The van der Waals surface area contributed by atoms with E-state index < -0.39 is 0 Å². The van der Waals surface area contributed by atoms with Gasteiger partial charge in [0.15, 0.2) is 5.69 Å². The Hall–Kier alpha value is -2.21. The van der Waals surface area contributed by atoms with Crippen molar-refractivity contribution in [3.8, 4) is 5.69 Å². The van der Waals surface area contributed by atoms with E-state index in [9.17, 15) is 4.79 Å². The van der Waals surface area contributed by atoms with E-state index in [4.69, 9.17) is 4.74 Å². The summed E-state index contributed by atoms with van der Waals surface area (Å²) in [7, 11) is 0. The largest absolute Gasteiger partial charge is 0.375 e. The van der Waals surface area contributed by atoms with E-state index in [-0.39, 0.29) is 12.0 Å². The van der Waals surface area contributed by atoms with Crippen LogP contribution in [0.15, 0.2) is 30.5 Å². The average molecular weight is 300 g/mol. The van der Waals surface area contributed by atoms with Gasteiger partial charge in [0.25, 0.3) is 5.91 Å². The summed E-state index contributed by atoms with van der Waals surface area (Å²) in [5, 5.41) is 8.08. The Balaban J connectivity index is 1.75. The van der Waals surface area contributed by atoms with Gasteiger partial charge in [-0.05, 0) is 25.5 Å². The molecule has 1 aliphatic heterocycles. The minimum absolute atomic E-state index is 0.0832. The Morgan fingerprint density at radius 2 is 2.14 bits per heavy atom. The van der Waals surface area contributed by atoms with Crippen LogP contribution in [0, 0.1) is 6.92 Å². The van der Waals surface area contributed by atoms with Crippen LogP contribution in [-0.4, -0.2) is 51.6 Å². The quantitative estimate of drug-likeness (QED) is 0.867. The molecule has 1 aromatic carbocycles. The van der Waals surface area contributed by atoms with Crippen LogP contribution >= 0.6 is 0 Å². The van der Waals surface area contributed by atoms with Gasteiger partial charge < -0.3 is 9.64 Å². The Bertz CT molecular complexity index is 650. The number of amides is 1. The topological polar surface area (TPSA) is 60.2 Å². The molecule has 0 saturated carbocycles. The lowest BCUT2D eigenvalue weighted by Crippen LogP contribution is -2.45. The summed E-state index contributed by atoms with van der Waals surface area (Å²) in [5.74, 6) is -0.0832. The maximum absolute atomic E-state index is 12.5. The number of aromatic nitrogens is 3. The Kier molecular flexibility index (Phi) is 4.20. The molecule has 6 heteroatoms. The molecule has 116 valence electrons. The summed E-state index contributed by atoms with van der Waals surface area (Å²) in [4.78, 5) is 14.3. The summed E-state index contributed by atoms with van der Waals surface area (Å²) in [6, 6.07) is 7.93. The van der Waals surface area contributed by atoms with Gasteiger partial charge in [0.1, 0.15) is 0 Å². The highest BCUT2D eigenvalue weighted by atomic mass is 16.5. The molecule has 0 unspecified atom stereocenters. The lowest BCUT2D eigenvalue weighted by molar-refractivity contribution is -0.0228. The van der Waals surface area contributed by atoms with Gasteiger partial charge in [0.05, 0.1) is 24.6 Å². The lowest BCUT2D eigenvalue weighted by Gasteiger charge is -2.31. The minimum atomic E-state index is -0.0832. The van der Waals surface area contributed by atoms with Crippen LogP contribution in [-0.2, 0) is 4.74 Å². The molecule has 1 atom stereocenters. The molecule has 2 aromatic rings. The van der Waals surface area contributed by atoms with Crippen molar-refractivity contribution in [3.63, 3.8) is 0 Å². The number of carbonyl (C=O) groups is 1. The maximum Gasteiger partial charge on any atom is 0.276 e. The van der Waals surface area contributed by atoms with Crippen LogP contribution in [0.5, 0.6) is 0 Å². The van der Waals surface area contributed by atoms with E-state index in [0.29, 0.717) is 25.4 Å². The first-order chi connectivity index (χ1) is 10.7. The van der Waals surface area contributed by atoms with E-state index >= 15 is 0 Å². The third-order valence-electron chi connectivity index (χ3n) is 3.89. The predicted molar refractivity (Wildman–Crippen MR) is 82.0 cm³/mol. The number of hydrogen-bond acceptors (Lipinski definition) is 4. The van der Waals surface area contributed by atoms with E-state index in [1.807, 2.05) is 31.2 Å². The van der Waals surface area contributed by atoms with Gasteiger partial charge in [0, 0.05) is 13.1 Å². The monoisotopic (exact) mass is 300 g/mol. The molecule has 6 nitrogen and oxygen atoms in total. The van der Waals surface area contributed by atoms with Crippen LogP contribution in [0.4, 0.5) is 0 Å². The highest BCUT2D eigenvalue weighted by Crippen LogP contribution is 2.13. The predicted octanol–water partition coefficient (Wildman–Crippen LogP) is 1.83. The average Bonchev–Trinajstić information content (AvgIpc) is 3.05. The first-order valence-corrected chi connectivity index (χ1v) is 7.57. The molecule has 0 radical (unpaired) electrons. The number of nitrogens with zero attached hydrogens (tertiary/aromatic N) is 4. The van der Waals surface area contributed by atoms with Gasteiger partial charge >= 0.3 is 0 Å². The standard InChI is InChI=1S/C16H20N4O2/c1-3-14-10-19(8-9-22-14)16(21)15-11-20(18-17-15)13-6-4-12(2)5-7-13/h4-7,11,14H,3,8-10H2,1-2H3/t14-/m1/s1. The molecule has 3 rings (SSSR count). The van der Waals surface area contributed by atoms with Gasteiger partial charge in [-0.2, -0.15) is 0 Å². The number of rotatable bonds is 3. The third-order valence-corrected chi connectivity index (χ3v) is 3.89. The molecule has 1 saturated heterocycles. The van der Waals surface area contributed by atoms with Crippen LogP contribution in [0.2, 0.25) is 0 Å². The highest BCUT2D eigenvalue weighted by molar-refractivity contribution is 5.92. The number of benzene rings is 1. The van der Waals surface area contributed by atoms with Gasteiger partial charge in [-0.3, -0.25) is 4.79 Å². The van der Waals surface area contributed by atoms with Crippen LogP contribution < -0.4 is 0 Å². The molecule has 0 bridgehead atoms. The summed E-state index contributed by atoms with van der Waals surface area (Å²) in [6.07, 6.45) is 2.70. The number of hydrogen-bond donors (Lipinski definition) is 0. The zero-order valence-corrected chi connectivity index (χ0v) is 12.9. The summed E-state index contributed by atoms with van der Waals surface area (Å²) in [5.41, 5.74) is 2.45. The fraction of sp³-hybridized carbons (Fsp3) is 0.438. The molecule has 0 N–H and O–H groups in total. The molecule has 1 aliphatic rings. The van der Waals surface area contributed by atoms with Crippen molar-refractivity contribution < 1.29 is 9.53 Å².